The largest absolute Gasteiger partial charge is 0.493 e. The van der Waals surface area contributed by atoms with Crippen LogP contribution in [-0.2, 0) is 16.4 Å². The number of aromatic nitrogens is 1. The lowest BCUT2D eigenvalue weighted by Crippen LogP contribution is -2.18. The molecule has 0 saturated heterocycles. The van der Waals surface area contributed by atoms with E-state index in [1.807, 2.05) is 13.0 Å². The molecule has 0 aliphatic heterocycles. The Kier molecular flexibility index (Phi) is 5.25. The molecule has 6 nitrogen and oxygen atoms in total. The van der Waals surface area contributed by atoms with E-state index in [0.717, 1.165) is 11.3 Å². The second-order valence-corrected chi connectivity index (χ2v) is 7.35. The lowest BCUT2D eigenvalue weighted by atomic mass is 10.1. The van der Waals surface area contributed by atoms with Gasteiger partial charge in [0.25, 0.3) is 0 Å². The Hall–Kier alpha value is -1.80. The molecular formula is C14H18N2O4S2. The molecule has 1 heterocycles. The van der Waals surface area contributed by atoms with Gasteiger partial charge in [0.1, 0.15) is 0 Å². The van der Waals surface area contributed by atoms with E-state index in [4.69, 9.17) is 9.47 Å². The van der Waals surface area contributed by atoms with E-state index in [1.165, 1.54) is 11.3 Å². The predicted octanol–water partition coefficient (Wildman–Crippen LogP) is 2.45. The molecule has 0 fully saturated rings. The van der Waals surface area contributed by atoms with Crippen LogP contribution < -0.4 is 14.2 Å². The van der Waals surface area contributed by atoms with Crippen LogP contribution in [0.2, 0.25) is 0 Å². The van der Waals surface area contributed by atoms with Gasteiger partial charge < -0.3 is 9.47 Å². The van der Waals surface area contributed by atoms with Gasteiger partial charge in [0, 0.05) is 5.38 Å². The molecule has 0 aliphatic carbocycles. The lowest BCUT2D eigenvalue weighted by molar-refractivity contribution is 0.354. The molecule has 0 spiro atoms. The summed E-state index contributed by atoms with van der Waals surface area (Å²) in [6.07, 6.45) is 0.375. The highest BCUT2D eigenvalue weighted by molar-refractivity contribution is 7.92. The van der Waals surface area contributed by atoms with Crippen molar-refractivity contribution in [2.24, 2.45) is 0 Å². The zero-order valence-corrected chi connectivity index (χ0v) is 14.3. The van der Waals surface area contributed by atoms with Gasteiger partial charge in [-0.3, -0.25) is 4.72 Å². The number of sulfonamides is 1. The molecule has 2 rings (SSSR count). The quantitative estimate of drug-likeness (QED) is 0.836. The number of rotatable bonds is 7. The van der Waals surface area contributed by atoms with Crippen molar-refractivity contribution in [3.05, 3.63) is 34.8 Å². The normalized spacial score (nSPS) is 11.2. The lowest BCUT2D eigenvalue weighted by Gasteiger charge is -2.10. The van der Waals surface area contributed by atoms with Gasteiger partial charge >= 0.3 is 0 Å². The van der Waals surface area contributed by atoms with Crippen molar-refractivity contribution in [1.29, 1.82) is 0 Å². The van der Waals surface area contributed by atoms with Crippen LogP contribution in [0.3, 0.4) is 0 Å². The van der Waals surface area contributed by atoms with E-state index in [9.17, 15) is 8.42 Å². The summed E-state index contributed by atoms with van der Waals surface area (Å²) in [5.41, 5.74) is 1.65. The Morgan fingerprint density at radius 2 is 1.95 bits per heavy atom. The van der Waals surface area contributed by atoms with Crippen molar-refractivity contribution < 1.29 is 17.9 Å². The van der Waals surface area contributed by atoms with Crippen molar-refractivity contribution in [2.45, 2.75) is 13.3 Å². The van der Waals surface area contributed by atoms with Crippen LogP contribution in [0.25, 0.3) is 0 Å². The summed E-state index contributed by atoms with van der Waals surface area (Å²) >= 11 is 1.27. The van der Waals surface area contributed by atoms with Crippen LogP contribution in [0.1, 0.15) is 11.3 Å². The second-order valence-electron chi connectivity index (χ2n) is 4.65. The Bertz CT molecular complexity index is 741. The fourth-order valence-electron chi connectivity index (χ4n) is 1.87. The second kappa shape index (κ2) is 6.97. The SMILES string of the molecule is COc1ccc(CCS(=O)(=O)Nc2nc(C)cs2)cc1OC. The smallest absolute Gasteiger partial charge is 0.234 e. The molecule has 2 aromatic rings. The molecule has 0 saturated carbocycles. The average molecular weight is 342 g/mol. The molecule has 1 N–H and O–H groups in total. The average Bonchev–Trinajstić information content (AvgIpc) is 2.89. The first-order chi connectivity index (χ1) is 10.4. The number of aryl methyl sites for hydroxylation is 2. The standard InChI is InChI=1S/C14H18N2O4S2/c1-10-9-21-14(15-10)16-22(17,18)7-6-11-4-5-12(19-2)13(8-11)20-3/h4-5,8-9H,6-7H2,1-3H3,(H,15,16). The number of thiazole rings is 1. The first-order valence-electron chi connectivity index (χ1n) is 6.57. The van der Waals surface area contributed by atoms with Gasteiger partial charge in [0.15, 0.2) is 16.6 Å². The first-order valence-corrected chi connectivity index (χ1v) is 9.10. The van der Waals surface area contributed by atoms with Crippen LogP contribution in [0.4, 0.5) is 5.13 Å². The Morgan fingerprint density at radius 3 is 2.55 bits per heavy atom. The Morgan fingerprint density at radius 1 is 1.23 bits per heavy atom. The summed E-state index contributed by atoms with van der Waals surface area (Å²) in [5, 5.41) is 2.19. The summed E-state index contributed by atoms with van der Waals surface area (Å²) < 4.78 is 37.0. The topological polar surface area (TPSA) is 77.5 Å². The third-order valence-electron chi connectivity index (χ3n) is 2.97. The summed E-state index contributed by atoms with van der Waals surface area (Å²) in [6.45, 7) is 1.82. The van der Waals surface area contributed by atoms with E-state index in [1.54, 1.807) is 31.7 Å². The number of methoxy groups -OCH3 is 2. The third kappa shape index (κ3) is 4.35. The maximum Gasteiger partial charge on any atom is 0.234 e. The maximum atomic E-state index is 12.1. The molecule has 1 aromatic carbocycles. The van der Waals surface area contributed by atoms with Crippen molar-refractivity contribution in [3.63, 3.8) is 0 Å². The van der Waals surface area contributed by atoms with Gasteiger partial charge in [-0.05, 0) is 31.0 Å². The molecule has 0 unspecified atom stereocenters. The fourth-order valence-corrected chi connectivity index (χ4v) is 3.90. The molecule has 0 bridgehead atoms. The monoisotopic (exact) mass is 342 g/mol. The van der Waals surface area contributed by atoms with Gasteiger partial charge in [-0.1, -0.05) is 6.07 Å². The summed E-state index contributed by atoms with van der Waals surface area (Å²) in [6, 6.07) is 5.37. The molecule has 0 aliphatic rings. The van der Waals surface area contributed by atoms with E-state index in [2.05, 4.69) is 9.71 Å². The Labute approximate surface area is 134 Å². The van der Waals surface area contributed by atoms with Crippen molar-refractivity contribution in [2.75, 3.05) is 24.7 Å². The van der Waals surface area contributed by atoms with Gasteiger partial charge in [0.2, 0.25) is 10.0 Å². The van der Waals surface area contributed by atoms with Gasteiger partial charge in [-0.2, -0.15) is 0 Å². The number of hydrogen-bond donors (Lipinski definition) is 1. The maximum absolute atomic E-state index is 12.1. The van der Waals surface area contributed by atoms with Crippen molar-refractivity contribution >= 4 is 26.5 Å². The fraction of sp³-hybridized carbons (Fsp3) is 0.357. The molecule has 8 heteroatoms. The zero-order chi connectivity index (χ0) is 16.2. The molecule has 1 aromatic heterocycles. The number of ether oxygens (including phenoxy) is 2. The van der Waals surface area contributed by atoms with E-state index in [0.29, 0.717) is 23.1 Å². The van der Waals surface area contributed by atoms with Crippen LogP contribution in [-0.4, -0.2) is 33.4 Å². The highest BCUT2D eigenvalue weighted by atomic mass is 32.2. The zero-order valence-electron chi connectivity index (χ0n) is 12.6. The molecule has 0 atom stereocenters. The molecule has 120 valence electrons. The number of anilines is 1. The third-order valence-corrected chi connectivity index (χ3v) is 5.22. The summed E-state index contributed by atoms with van der Waals surface area (Å²) in [4.78, 5) is 4.09. The molecule has 22 heavy (non-hydrogen) atoms. The first kappa shape index (κ1) is 16.6. The minimum atomic E-state index is -3.43. The van der Waals surface area contributed by atoms with Crippen LogP contribution in [0.5, 0.6) is 11.5 Å². The summed E-state index contributed by atoms with van der Waals surface area (Å²) in [5.74, 6) is 1.17. The number of nitrogens with zero attached hydrogens (tertiary/aromatic N) is 1. The van der Waals surface area contributed by atoms with Gasteiger partial charge in [-0.25, -0.2) is 13.4 Å². The van der Waals surface area contributed by atoms with Crippen LogP contribution in [0.15, 0.2) is 23.6 Å². The van der Waals surface area contributed by atoms with Crippen molar-refractivity contribution in [1.82, 2.24) is 4.98 Å². The minimum Gasteiger partial charge on any atom is -0.493 e. The van der Waals surface area contributed by atoms with E-state index < -0.39 is 10.0 Å². The highest BCUT2D eigenvalue weighted by Crippen LogP contribution is 2.27. The highest BCUT2D eigenvalue weighted by Gasteiger charge is 2.14. The number of hydrogen-bond acceptors (Lipinski definition) is 6. The summed E-state index contributed by atoms with van der Waals surface area (Å²) in [7, 11) is -0.325. The number of benzene rings is 1. The number of nitrogens with one attached hydrogen (secondary N) is 1. The predicted molar refractivity (Wildman–Crippen MR) is 87.5 cm³/mol. The van der Waals surface area contributed by atoms with Crippen LogP contribution in [0, 0.1) is 6.92 Å². The van der Waals surface area contributed by atoms with Crippen molar-refractivity contribution in [3.8, 4) is 11.5 Å². The van der Waals surface area contributed by atoms with Gasteiger partial charge in [0.05, 0.1) is 25.7 Å². The molecule has 0 radical (unpaired) electrons. The minimum absolute atomic E-state index is 0.0267. The van der Waals surface area contributed by atoms with Gasteiger partial charge in [-0.15, -0.1) is 11.3 Å². The molecular weight excluding hydrogens is 324 g/mol. The molecule has 0 amide bonds. The van der Waals surface area contributed by atoms with E-state index in [-0.39, 0.29) is 5.75 Å². The Balaban J connectivity index is 2.02. The van der Waals surface area contributed by atoms with Crippen LogP contribution >= 0.6 is 11.3 Å². The van der Waals surface area contributed by atoms with E-state index >= 15 is 0 Å².